The Morgan fingerprint density at radius 1 is 1.17 bits per heavy atom. The molecule has 1 aliphatic heterocycles. The zero-order valence-electron chi connectivity index (χ0n) is 10.2. The summed E-state index contributed by atoms with van der Waals surface area (Å²) in [6, 6.07) is 10.3. The van der Waals surface area contributed by atoms with Gasteiger partial charge in [0.15, 0.2) is 11.0 Å². The smallest absolute Gasteiger partial charge is 0.155 e. The van der Waals surface area contributed by atoms with Crippen molar-refractivity contribution in [3.05, 3.63) is 46.6 Å². The fraction of sp³-hybridized carbons (Fsp3) is 0.286. The maximum atomic E-state index is 5.78. The molecule has 0 atom stereocenters. The second-order valence-electron chi connectivity index (χ2n) is 4.60. The van der Waals surface area contributed by atoms with Gasteiger partial charge < -0.3 is 4.90 Å². The minimum absolute atomic E-state index is 0.430. The highest BCUT2D eigenvalue weighted by Gasteiger charge is 2.19. The fourth-order valence-corrected chi connectivity index (χ4v) is 2.52. The molecule has 0 fully saturated rings. The topological polar surface area (TPSA) is 29.0 Å². The molecule has 0 bridgehead atoms. The van der Waals surface area contributed by atoms with Gasteiger partial charge in [0.05, 0.1) is 0 Å². The zero-order valence-corrected chi connectivity index (χ0v) is 11.0. The summed E-state index contributed by atoms with van der Waals surface area (Å²) in [6.45, 7) is 3.10. The SMILES string of the molecule is Cc1ccc2c(c1)CCCN2c1ccc(Cl)nn1. The lowest BCUT2D eigenvalue weighted by Crippen LogP contribution is -2.25. The second kappa shape index (κ2) is 4.58. The van der Waals surface area contributed by atoms with E-state index in [-0.39, 0.29) is 0 Å². The monoisotopic (exact) mass is 259 g/mol. The summed E-state index contributed by atoms with van der Waals surface area (Å²) < 4.78 is 0. The first-order chi connectivity index (χ1) is 8.74. The highest BCUT2D eigenvalue weighted by molar-refractivity contribution is 6.29. The van der Waals surface area contributed by atoms with E-state index in [1.165, 1.54) is 16.8 Å². The molecule has 4 heteroatoms. The van der Waals surface area contributed by atoms with Gasteiger partial charge >= 0.3 is 0 Å². The van der Waals surface area contributed by atoms with Crippen molar-refractivity contribution in [3.8, 4) is 0 Å². The second-order valence-corrected chi connectivity index (χ2v) is 4.99. The van der Waals surface area contributed by atoms with Crippen LogP contribution in [0.1, 0.15) is 17.5 Å². The van der Waals surface area contributed by atoms with Crippen LogP contribution in [-0.4, -0.2) is 16.7 Å². The summed E-state index contributed by atoms with van der Waals surface area (Å²) in [5.41, 5.74) is 3.93. The highest BCUT2D eigenvalue weighted by Crippen LogP contribution is 2.32. The minimum atomic E-state index is 0.430. The number of aromatic nitrogens is 2. The fourth-order valence-electron chi connectivity index (χ4n) is 2.42. The predicted molar refractivity (Wildman–Crippen MR) is 73.5 cm³/mol. The van der Waals surface area contributed by atoms with Crippen LogP contribution >= 0.6 is 11.6 Å². The summed E-state index contributed by atoms with van der Waals surface area (Å²) in [4.78, 5) is 2.21. The van der Waals surface area contributed by atoms with Gasteiger partial charge in [0, 0.05) is 12.2 Å². The van der Waals surface area contributed by atoms with Crippen molar-refractivity contribution in [2.45, 2.75) is 19.8 Å². The first kappa shape index (κ1) is 11.5. The maximum Gasteiger partial charge on any atom is 0.155 e. The number of hydrogen-bond acceptors (Lipinski definition) is 3. The Kier molecular flexibility index (Phi) is 2.92. The lowest BCUT2D eigenvalue weighted by atomic mass is 9.99. The Morgan fingerprint density at radius 3 is 2.83 bits per heavy atom. The Balaban J connectivity index is 2.03. The Bertz CT molecular complexity index is 566. The van der Waals surface area contributed by atoms with E-state index >= 15 is 0 Å². The molecule has 0 spiro atoms. The van der Waals surface area contributed by atoms with Crippen LogP contribution < -0.4 is 4.90 Å². The van der Waals surface area contributed by atoms with Crippen LogP contribution in [-0.2, 0) is 6.42 Å². The number of nitrogens with zero attached hydrogens (tertiary/aromatic N) is 3. The molecule has 2 aromatic rings. The summed E-state index contributed by atoms with van der Waals surface area (Å²) in [7, 11) is 0. The van der Waals surface area contributed by atoms with Crippen molar-refractivity contribution in [2.24, 2.45) is 0 Å². The van der Waals surface area contributed by atoms with Gasteiger partial charge in [-0.25, -0.2) is 0 Å². The zero-order chi connectivity index (χ0) is 12.5. The molecule has 0 saturated carbocycles. The molecule has 1 aromatic heterocycles. The van der Waals surface area contributed by atoms with Gasteiger partial charge in [-0.1, -0.05) is 29.3 Å². The molecule has 0 aliphatic carbocycles. The van der Waals surface area contributed by atoms with Crippen LogP contribution in [0.2, 0.25) is 5.15 Å². The van der Waals surface area contributed by atoms with Crippen LogP contribution in [0.25, 0.3) is 0 Å². The predicted octanol–water partition coefficient (Wildman–Crippen LogP) is 3.52. The molecule has 18 heavy (non-hydrogen) atoms. The van der Waals surface area contributed by atoms with Crippen LogP contribution in [0, 0.1) is 6.92 Å². The molecule has 2 heterocycles. The van der Waals surface area contributed by atoms with Crippen molar-refractivity contribution in [2.75, 3.05) is 11.4 Å². The molecular formula is C14H14ClN3. The molecule has 1 aliphatic rings. The van der Waals surface area contributed by atoms with E-state index in [4.69, 9.17) is 11.6 Å². The average molecular weight is 260 g/mol. The van der Waals surface area contributed by atoms with Gasteiger partial charge in [0.2, 0.25) is 0 Å². The normalized spacial score (nSPS) is 14.4. The van der Waals surface area contributed by atoms with Crippen molar-refractivity contribution >= 4 is 23.1 Å². The van der Waals surface area contributed by atoms with E-state index in [1.54, 1.807) is 6.07 Å². The van der Waals surface area contributed by atoms with Gasteiger partial charge in [0.25, 0.3) is 0 Å². The van der Waals surface area contributed by atoms with E-state index in [0.717, 1.165) is 25.2 Å². The molecule has 0 radical (unpaired) electrons. The number of hydrogen-bond donors (Lipinski definition) is 0. The van der Waals surface area contributed by atoms with Gasteiger partial charge in [-0.05, 0) is 43.5 Å². The first-order valence-electron chi connectivity index (χ1n) is 6.10. The molecule has 3 nitrogen and oxygen atoms in total. The lowest BCUT2D eigenvalue weighted by molar-refractivity contribution is 0.752. The minimum Gasteiger partial charge on any atom is -0.325 e. The molecular weight excluding hydrogens is 246 g/mol. The van der Waals surface area contributed by atoms with Crippen LogP contribution in [0.4, 0.5) is 11.5 Å². The van der Waals surface area contributed by atoms with Crippen molar-refractivity contribution in [1.82, 2.24) is 10.2 Å². The van der Waals surface area contributed by atoms with Crippen LogP contribution in [0.3, 0.4) is 0 Å². The third-order valence-corrected chi connectivity index (χ3v) is 3.45. The van der Waals surface area contributed by atoms with Crippen molar-refractivity contribution in [3.63, 3.8) is 0 Å². The van der Waals surface area contributed by atoms with E-state index in [2.05, 4.69) is 40.2 Å². The van der Waals surface area contributed by atoms with Crippen LogP contribution in [0.5, 0.6) is 0 Å². The number of fused-ring (bicyclic) bond motifs is 1. The number of benzene rings is 1. The largest absolute Gasteiger partial charge is 0.325 e. The molecule has 0 unspecified atom stereocenters. The Morgan fingerprint density at radius 2 is 2.06 bits per heavy atom. The number of anilines is 2. The number of halogens is 1. The van der Waals surface area contributed by atoms with Gasteiger partial charge in [-0.15, -0.1) is 10.2 Å². The molecule has 92 valence electrons. The highest BCUT2D eigenvalue weighted by atomic mass is 35.5. The average Bonchev–Trinajstić information content (AvgIpc) is 2.38. The van der Waals surface area contributed by atoms with Gasteiger partial charge in [-0.3, -0.25) is 0 Å². The molecule has 1 aromatic carbocycles. The van der Waals surface area contributed by atoms with Crippen LogP contribution in [0.15, 0.2) is 30.3 Å². The first-order valence-corrected chi connectivity index (χ1v) is 6.48. The summed E-state index contributed by atoms with van der Waals surface area (Å²) in [5.74, 6) is 0.865. The molecule has 3 rings (SSSR count). The summed E-state index contributed by atoms with van der Waals surface area (Å²) in [5, 5.41) is 8.52. The molecule has 0 N–H and O–H groups in total. The quantitative estimate of drug-likeness (QED) is 0.785. The summed E-state index contributed by atoms with van der Waals surface area (Å²) in [6.07, 6.45) is 2.27. The van der Waals surface area contributed by atoms with E-state index < -0.39 is 0 Å². The third-order valence-electron chi connectivity index (χ3n) is 3.25. The Hall–Kier alpha value is -1.61. The number of aryl methyl sites for hydroxylation is 2. The maximum absolute atomic E-state index is 5.78. The van der Waals surface area contributed by atoms with E-state index in [9.17, 15) is 0 Å². The standard InChI is InChI=1S/C14H14ClN3/c1-10-4-5-12-11(9-10)3-2-8-18(12)14-7-6-13(15)16-17-14/h4-7,9H,2-3,8H2,1H3. The van der Waals surface area contributed by atoms with Crippen molar-refractivity contribution < 1.29 is 0 Å². The Labute approximate surface area is 111 Å². The van der Waals surface area contributed by atoms with E-state index in [1.807, 2.05) is 6.07 Å². The molecule has 0 amide bonds. The third kappa shape index (κ3) is 2.06. The summed E-state index contributed by atoms with van der Waals surface area (Å²) >= 11 is 5.78. The number of rotatable bonds is 1. The van der Waals surface area contributed by atoms with E-state index in [0.29, 0.717) is 5.15 Å². The lowest BCUT2D eigenvalue weighted by Gasteiger charge is -2.30. The molecule has 0 saturated heterocycles. The van der Waals surface area contributed by atoms with Gasteiger partial charge in [0.1, 0.15) is 0 Å². The van der Waals surface area contributed by atoms with Crippen molar-refractivity contribution in [1.29, 1.82) is 0 Å². The van der Waals surface area contributed by atoms with Gasteiger partial charge in [-0.2, -0.15) is 0 Å².